The minimum Gasteiger partial charge on any atom is -0.325 e. The number of benzene rings is 2. The number of anilines is 2. The van der Waals surface area contributed by atoms with Crippen molar-refractivity contribution in [1.82, 2.24) is 4.90 Å². The van der Waals surface area contributed by atoms with Crippen LogP contribution in [0.2, 0.25) is 0 Å². The first kappa shape index (κ1) is 13.2. The summed E-state index contributed by atoms with van der Waals surface area (Å²) in [7, 11) is 2.21. The van der Waals surface area contributed by atoms with Gasteiger partial charge in [0.1, 0.15) is 0 Å². The van der Waals surface area contributed by atoms with E-state index in [9.17, 15) is 0 Å². The molecule has 2 aromatic rings. The molecule has 0 radical (unpaired) electrons. The smallest absolute Gasteiger partial charge is 0.0839 e. The first-order valence-corrected chi connectivity index (χ1v) is 7.31. The normalized spacial score (nSPS) is 19.6. The molecule has 0 aromatic heterocycles. The molecule has 20 heavy (non-hydrogen) atoms. The second-order valence-electron chi connectivity index (χ2n) is 5.70. The fourth-order valence-electron chi connectivity index (χ4n) is 2.90. The number of aryl methyl sites for hydroxylation is 1. The predicted octanol–water partition coefficient (Wildman–Crippen LogP) is 3.97. The molecule has 1 unspecified atom stereocenters. The molecule has 3 rings (SSSR count). The summed E-state index contributed by atoms with van der Waals surface area (Å²) in [6.07, 6.45) is 1.47. The van der Waals surface area contributed by atoms with Gasteiger partial charge in [-0.25, -0.2) is 0 Å². The highest BCUT2D eigenvalue weighted by atomic mass is 15.3. The molecule has 0 fully saturated rings. The molecule has 0 saturated carbocycles. The Hall–Kier alpha value is -1.80. The Morgan fingerprint density at radius 2 is 1.70 bits per heavy atom. The summed E-state index contributed by atoms with van der Waals surface area (Å²) in [6.45, 7) is 5.51. The van der Waals surface area contributed by atoms with Crippen LogP contribution in [0, 0.1) is 6.92 Å². The number of nitrogens with zero attached hydrogens (tertiary/aromatic N) is 2. The Morgan fingerprint density at radius 3 is 2.45 bits per heavy atom. The van der Waals surface area contributed by atoms with Crippen LogP contribution in [0.5, 0.6) is 0 Å². The Balaban J connectivity index is 2.11. The molecule has 0 bridgehead atoms. The number of hydrogen-bond donors (Lipinski definition) is 0. The maximum absolute atomic E-state index is 2.45. The number of rotatable bonds is 1. The van der Waals surface area contributed by atoms with E-state index in [2.05, 4.69) is 79.2 Å². The lowest BCUT2D eigenvalue weighted by atomic mass is 10.1. The minimum atomic E-state index is 0.362. The monoisotopic (exact) mass is 266 g/mol. The molecular weight excluding hydrogens is 244 g/mol. The van der Waals surface area contributed by atoms with E-state index in [0.717, 1.165) is 13.0 Å². The van der Waals surface area contributed by atoms with Crippen LogP contribution in [-0.4, -0.2) is 24.7 Å². The van der Waals surface area contributed by atoms with E-state index in [1.165, 1.54) is 22.5 Å². The fraction of sp³-hybridized carbons (Fsp3) is 0.333. The number of hydrogen-bond acceptors (Lipinski definition) is 2. The standard InChI is InChI=1S/C18H22N2/c1-14-8-10-17(11-9-14)20-15(2)19(3)13-12-16-6-4-5-7-18(16)20/h4-11,15H,12-13H2,1-3H3. The van der Waals surface area contributed by atoms with Crippen molar-refractivity contribution in [2.45, 2.75) is 26.4 Å². The van der Waals surface area contributed by atoms with Gasteiger partial charge in [-0.2, -0.15) is 0 Å². The Morgan fingerprint density at radius 1 is 1.00 bits per heavy atom. The third-order valence-electron chi connectivity index (χ3n) is 4.31. The highest BCUT2D eigenvalue weighted by Crippen LogP contribution is 2.34. The molecule has 1 atom stereocenters. The Bertz CT molecular complexity index is 589. The van der Waals surface area contributed by atoms with E-state index in [-0.39, 0.29) is 0 Å². The number of likely N-dealkylation sites (N-methyl/N-ethyl adjacent to an activating group) is 1. The van der Waals surface area contributed by atoms with Crippen molar-refractivity contribution < 1.29 is 0 Å². The van der Waals surface area contributed by atoms with Crippen LogP contribution in [0.15, 0.2) is 48.5 Å². The van der Waals surface area contributed by atoms with E-state index < -0.39 is 0 Å². The van der Waals surface area contributed by atoms with Crippen LogP contribution in [0.3, 0.4) is 0 Å². The zero-order chi connectivity index (χ0) is 14.1. The van der Waals surface area contributed by atoms with Crippen LogP contribution in [0.25, 0.3) is 0 Å². The van der Waals surface area contributed by atoms with Gasteiger partial charge in [-0.3, -0.25) is 4.90 Å². The van der Waals surface area contributed by atoms with Crippen molar-refractivity contribution in [3.05, 3.63) is 59.7 Å². The largest absolute Gasteiger partial charge is 0.325 e. The third kappa shape index (κ3) is 2.32. The third-order valence-corrected chi connectivity index (χ3v) is 4.31. The molecule has 104 valence electrons. The van der Waals surface area contributed by atoms with Crippen molar-refractivity contribution in [3.8, 4) is 0 Å². The molecule has 0 amide bonds. The molecule has 2 nitrogen and oxygen atoms in total. The highest BCUT2D eigenvalue weighted by Gasteiger charge is 2.25. The van der Waals surface area contributed by atoms with Gasteiger partial charge in [-0.1, -0.05) is 35.9 Å². The summed E-state index contributed by atoms with van der Waals surface area (Å²) in [4.78, 5) is 4.86. The summed E-state index contributed by atoms with van der Waals surface area (Å²) in [6, 6.07) is 17.6. The van der Waals surface area contributed by atoms with E-state index in [4.69, 9.17) is 0 Å². The van der Waals surface area contributed by atoms with Crippen LogP contribution in [0.1, 0.15) is 18.1 Å². The maximum atomic E-state index is 2.45. The average molecular weight is 266 g/mol. The van der Waals surface area contributed by atoms with Gasteiger partial charge >= 0.3 is 0 Å². The molecule has 0 N–H and O–H groups in total. The average Bonchev–Trinajstić information content (AvgIpc) is 2.59. The lowest BCUT2D eigenvalue weighted by molar-refractivity contribution is 0.271. The maximum Gasteiger partial charge on any atom is 0.0839 e. The molecule has 1 aliphatic rings. The van der Waals surface area contributed by atoms with E-state index in [1.807, 2.05) is 0 Å². The molecule has 0 spiro atoms. The summed E-state index contributed by atoms with van der Waals surface area (Å²) in [5.74, 6) is 0. The van der Waals surface area contributed by atoms with Gasteiger partial charge in [0.25, 0.3) is 0 Å². The highest BCUT2D eigenvalue weighted by molar-refractivity contribution is 5.68. The van der Waals surface area contributed by atoms with Gasteiger partial charge in [-0.05, 0) is 51.1 Å². The van der Waals surface area contributed by atoms with Gasteiger partial charge in [0.05, 0.1) is 6.17 Å². The van der Waals surface area contributed by atoms with Crippen molar-refractivity contribution in [2.24, 2.45) is 0 Å². The van der Waals surface area contributed by atoms with Crippen LogP contribution >= 0.6 is 0 Å². The van der Waals surface area contributed by atoms with Crippen molar-refractivity contribution >= 4 is 11.4 Å². The van der Waals surface area contributed by atoms with Crippen molar-refractivity contribution in [3.63, 3.8) is 0 Å². The Labute approximate surface area is 121 Å². The summed E-state index contributed by atoms with van der Waals surface area (Å²) >= 11 is 0. The van der Waals surface area contributed by atoms with E-state index in [0.29, 0.717) is 6.17 Å². The first-order valence-electron chi connectivity index (χ1n) is 7.31. The van der Waals surface area contributed by atoms with Crippen LogP contribution in [0.4, 0.5) is 11.4 Å². The minimum absolute atomic E-state index is 0.362. The van der Waals surface area contributed by atoms with Gasteiger partial charge in [0, 0.05) is 17.9 Å². The summed E-state index contributed by atoms with van der Waals surface area (Å²) < 4.78 is 0. The Kier molecular flexibility index (Phi) is 3.49. The van der Waals surface area contributed by atoms with Crippen molar-refractivity contribution in [2.75, 3.05) is 18.5 Å². The summed E-state index contributed by atoms with van der Waals surface area (Å²) in [5, 5.41) is 0. The molecule has 0 aliphatic carbocycles. The molecule has 0 saturated heterocycles. The van der Waals surface area contributed by atoms with Crippen molar-refractivity contribution in [1.29, 1.82) is 0 Å². The number of para-hydroxylation sites is 1. The SMILES string of the molecule is Cc1ccc(N2c3ccccc3CCN(C)C2C)cc1. The summed E-state index contributed by atoms with van der Waals surface area (Å²) in [5.41, 5.74) is 5.35. The molecule has 1 heterocycles. The lowest BCUT2D eigenvalue weighted by Gasteiger charge is -2.35. The second-order valence-corrected chi connectivity index (χ2v) is 5.70. The van der Waals surface area contributed by atoms with Crippen LogP contribution < -0.4 is 4.90 Å². The first-order chi connectivity index (χ1) is 9.66. The number of fused-ring (bicyclic) bond motifs is 1. The zero-order valence-electron chi connectivity index (χ0n) is 12.5. The molecular formula is C18H22N2. The molecule has 1 aliphatic heterocycles. The topological polar surface area (TPSA) is 6.48 Å². The second kappa shape index (κ2) is 5.29. The zero-order valence-corrected chi connectivity index (χ0v) is 12.5. The quantitative estimate of drug-likeness (QED) is 0.770. The lowest BCUT2D eigenvalue weighted by Crippen LogP contribution is -2.41. The molecule has 2 heteroatoms. The van der Waals surface area contributed by atoms with Gasteiger partial charge in [-0.15, -0.1) is 0 Å². The predicted molar refractivity (Wildman–Crippen MR) is 85.6 cm³/mol. The molecule has 2 aromatic carbocycles. The van der Waals surface area contributed by atoms with Gasteiger partial charge < -0.3 is 4.90 Å². The van der Waals surface area contributed by atoms with Gasteiger partial charge in [0.2, 0.25) is 0 Å². The van der Waals surface area contributed by atoms with E-state index >= 15 is 0 Å². The van der Waals surface area contributed by atoms with E-state index in [1.54, 1.807) is 0 Å². The fourth-order valence-corrected chi connectivity index (χ4v) is 2.90. The van der Waals surface area contributed by atoms with Gasteiger partial charge in [0.15, 0.2) is 0 Å². The van der Waals surface area contributed by atoms with Crippen LogP contribution in [-0.2, 0) is 6.42 Å².